The maximum Gasteiger partial charge on any atom is 0.564 e. The number of rotatable bonds is 10. The number of hydroxylamine groups is 6. The minimum Gasteiger partial charge on any atom is -0.296 e. The van der Waals surface area contributed by atoms with Crippen molar-refractivity contribution < 1.29 is 28.0 Å². The number of quaternary nitrogens is 2. The van der Waals surface area contributed by atoms with Gasteiger partial charge in [-0.1, -0.05) is 9.25 Å². The Morgan fingerprint density at radius 1 is 0.737 bits per heavy atom. The van der Waals surface area contributed by atoms with Crippen molar-refractivity contribution in [3.8, 4) is 0 Å². The van der Waals surface area contributed by atoms with E-state index in [1.165, 1.54) is 0 Å². The number of hydrogen-bond donors (Lipinski definition) is 1. The van der Waals surface area contributed by atoms with E-state index in [0.717, 1.165) is 0 Å². The summed E-state index contributed by atoms with van der Waals surface area (Å²) in [5.41, 5.74) is 0. The van der Waals surface area contributed by atoms with Crippen LogP contribution in [-0.2, 0) is 13.8 Å². The van der Waals surface area contributed by atoms with Gasteiger partial charge in [-0.05, 0) is 41.5 Å². The van der Waals surface area contributed by atoms with Crippen LogP contribution in [-0.4, -0.2) is 53.5 Å². The Hall–Kier alpha value is 0.0300. The second kappa shape index (κ2) is 7.72. The van der Waals surface area contributed by atoms with E-state index in [2.05, 4.69) is 0 Å². The Morgan fingerprint density at radius 3 is 1.11 bits per heavy atom. The van der Waals surface area contributed by atoms with E-state index < -0.39 is 7.82 Å². The fraction of sp³-hybridized carbons (Fsp3) is 1.00. The molecule has 0 aliphatic carbocycles. The molecule has 0 rings (SSSR count). The van der Waals surface area contributed by atoms with Crippen molar-refractivity contribution in [1.82, 2.24) is 0 Å². The van der Waals surface area contributed by atoms with Gasteiger partial charge in [0.2, 0.25) is 0 Å². The topological polar surface area (TPSA) is 55.8 Å². The molecule has 0 spiro atoms. The van der Waals surface area contributed by atoms with Gasteiger partial charge in [0.15, 0.2) is 0 Å². The molecule has 0 aromatic heterocycles. The molecule has 0 aliphatic rings. The van der Waals surface area contributed by atoms with Crippen LogP contribution in [0.2, 0.25) is 0 Å². The molecule has 0 heterocycles. The van der Waals surface area contributed by atoms with Crippen LogP contribution in [0.3, 0.4) is 0 Å². The summed E-state index contributed by atoms with van der Waals surface area (Å²) in [5, 5.41) is 0. The molecule has 0 saturated carbocycles. The van der Waals surface area contributed by atoms with Gasteiger partial charge in [-0.2, -0.15) is 9.29 Å². The Labute approximate surface area is 117 Å². The van der Waals surface area contributed by atoms with Crippen LogP contribution in [0.4, 0.5) is 0 Å². The van der Waals surface area contributed by atoms with E-state index in [1.54, 1.807) is 0 Å². The van der Waals surface area contributed by atoms with Crippen molar-refractivity contribution in [2.75, 3.05) is 39.3 Å². The molecule has 0 aromatic carbocycles. The van der Waals surface area contributed by atoms with Gasteiger partial charge in [-0.25, -0.2) is 4.57 Å². The van der Waals surface area contributed by atoms with Crippen LogP contribution in [0.5, 0.6) is 0 Å². The molecule has 0 aliphatic heterocycles. The smallest absolute Gasteiger partial charge is 0.296 e. The molecule has 0 radical (unpaired) electrons. The summed E-state index contributed by atoms with van der Waals surface area (Å²) >= 11 is 0. The highest BCUT2D eigenvalue weighted by Crippen LogP contribution is 2.49. The lowest BCUT2D eigenvalue weighted by molar-refractivity contribution is -1.10. The standard InChI is InChI=1S/C12H30N2O4P/c1-7-13(8-2,9-3)17-19(15,16)18-14(10-4,11-5)12-6/h7-12H2,1-6H3/q+1/p+1. The lowest BCUT2D eigenvalue weighted by Gasteiger charge is -2.36. The van der Waals surface area contributed by atoms with Gasteiger partial charge in [-0.15, -0.1) is 0 Å². The van der Waals surface area contributed by atoms with Gasteiger partial charge in [0.1, 0.15) is 39.3 Å². The number of nitrogens with zero attached hydrogens (tertiary/aromatic N) is 2. The van der Waals surface area contributed by atoms with Gasteiger partial charge < -0.3 is 0 Å². The van der Waals surface area contributed by atoms with E-state index >= 15 is 0 Å². The molecular formula is C12H31N2O4P+2. The molecule has 1 N–H and O–H groups in total. The van der Waals surface area contributed by atoms with Gasteiger partial charge in [0.05, 0.1) is 0 Å². The zero-order chi connectivity index (χ0) is 15.2. The summed E-state index contributed by atoms with van der Waals surface area (Å²) in [4.78, 5) is 10.1. The molecule has 116 valence electrons. The van der Waals surface area contributed by atoms with Crippen molar-refractivity contribution in [3.63, 3.8) is 0 Å². The Balaban J connectivity index is 5.02. The Morgan fingerprint density at radius 2 is 0.947 bits per heavy atom. The predicted molar refractivity (Wildman–Crippen MR) is 75.8 cm³/mol. The van der Waals surface area contributed by atoms with Crippen LogP contribution in [0.1, 0.15) is 41.5 Å². The molecule has 0 unspecified atom stereocenters. The van der Waals surface area contributed by atoms with Crippen molar-refractivity contribution >= 4 is 7.82 Å². The molecule has 0 amide bonds. The lowest BCUT2D eigenvalue weighted by Crippen LogP contribution is -2.50. The van der Waals surface area contributed by atoms with Gasteiger partial charge in [0.25, 0.3) is 0 Å². The summed E-state index contributed by atoms with van der Waals surface area (Å²) in [6, 6.07) is 0. The minimum atomic E-state index is -4.09. The van der Waals surface area contributed by atoms with Crippen LogP contribution >= 0.6 is 7.82 Å². The Bertz CT molecular complexity index is 262. The Kier molecular flexibility index (Phi) is 7.73. The quantitative estimate of drug-likeness (QED) is 0.383. The number of phosphoric acid groups is 1. The fourth-order valence-corrected chi connectivity index (χ4v) is 3.74. The molecule has 6 nitrogen and oxygen atoms in total. The van der Waals surface area contributed by atoms with Crippen LogP contribution in [0.15, 0.2) is 0 Å². The maximum atomic E-state index is 12.3. The summed E-state index contributed by atoms with van der Waals surface area (Å²) in [5.74, 6) is 0. The van der Waals surface area contributed by atoms with Crippen molar-refractivity contribution in [2.45, 2.75) is 41.5 Å². The second-order valence-electron chi connectivity index (χ2n) is 4.65. The number of hydrogen-bond acceptors (Lipinski definition) is 3. The van der Waals surface area contributed by atoms with Crippen molar-refractivity contribution in [3.05, 3.63) is 0 Å². The first-order valence-corrected chi connectivity index (χ1v) is 8.75. The van der Waals surface area contributed by atoms with Crippen LogP contribution in [0.25, 0.3) is 0 Å². The first kappa shape index (κ1) is 19.0. The molecule has 0 bridgehead atoms. The first-order valence-electron chi connectivity index (χ1n) is 7.25. The third kappa shape index (κ3) is 5.14. The van der Waals surface area contributed by atoms with E-state index in [9.17, 15) is 9.46 Å². The van der Waals surface area contributed by atoms with Crippen molar-refractivity contribution in [2.24, 2.45) is 0 Å². The molecule has 19 heavy (non-hydrogen) atoms. The third-order valence-corrected chi connectivity index (χ3v) is 5.12. The molecule has 0 aromatic rings. The average Bonchev–Trinajstić information content (AvgIpc) is 2.42. The lowest BCUT2D eigenvalue weighted by atomic mass is 10.5. The van der Waals surface area contributed by atoms with E-state index in [1.807, 2.05) is 41.5 Å². The highest BCUT2D eigenvalue weighted by Gasteiger charge is 2.44. The summed E-state index contributed by atoms with van der Waals surface area (Å²) in [7, 11) is -4.09. The van der Waals surface area contributed by atoms with Gasteiger partial charge in [-0.3, -0.25) is 4.89 Å². The minimum absolute atomic E-state index is 0.130. The fourth-order valence-electron chi connectivity index (χ4n) is 2.14. The second-order valence-corrected chi connectivity index (χ2v) is 5.91. The average molecular weight is 298 g/mol. The van der Waals surface area contributed by atoms with Crippen LogP contribution < -0.4 is 0 Å². The molecule has 0 atom stereocenters. The van der Waals surface area contributed by atoms with E-state index in [-0.39, 0.29) is 9.29 Å². The maximum absolute atomic E-state index is 12.3. The summed E-state index contributed by atoms with van der Waals surface area (Å²) < 4.78 is 23.4. The molecule has 7 heteroatoms. The van der Waals surface area contributed by atoms with E-state index in [0.29, 0.717) is 39.3 Å². The van der Waals surface area contributed by atoms with Gasteiger partial charge >= 0.3 is 7.82 Å². The zero-order valence-corrected chi connectivity index (χ0v) is 14.2. The molecule has 0 saturated heterocycles. The highest BCUT2D eigenvalue weighted by atomic mass is 31.2. The highest BCUT2D eigenvalue weighted by molar-refractivity contribution is 7.47. The summed E-state index contributed by atoms with van der Waals surface area (Å²) in [6.07, 6.45) is 0. The van der Waals surface area contributed by atoms with Gasteiger partial charge in [0, 0.05) is 0 Å². The first-order chi connectivity index (χ1) is 8.78. The third-order valence-electron chi connectivity index (χ3n) is 4.01. The largest absolute Gasteiger partial charge is 0.564 e. The van der Waals surface area contributed by atoms with Crippen LogP contribution in [0, 0.1) is 0 Å². The monoisotopic (exact) mass is 298 g/mol. The summed E-state index contributed by atoms with van der Waals surface area (Å²) in [6.45, 7) is 15.4. The van der Waals surface area contributed by atoms with Crippen molar-refractivity contribution in [1.29, 1.82) is 0 Å². The predicted octanol–water partition coefficient (Wildman–Crippen LogP) is 2.70. The zero-order valence-electron chi connectivity index (χ0n) is 13.3. The normalized spacial score (nSPS) is 13.8. The SMILES string of the molecule is CC[N+](CC)(CC)OP(=O)(O)O[N+](CC)(CC)CC. The molecular weight excluding hydrogens is 267 g/mol. The molecule has 0 fully saturated rings. The van der Waals surface area contributed by atoms with E-state index in [4.69, 9.17) is 9.25 Å².